The summed E-state index contributed by atoms with van der Waals surface area (Å²) in [6, 6.07) is 16.4. The molecule has 0 aliphatic heterocycles. The first-order valence-electron chi connectivity index (χ1n) is 8.41. The second-order valence-corrected chi connectivity index (χ2v) is 5.54. The highest BCUT2D eigenvalue weighted by atomic mass is 16.5. The summed E-state index contributed by atoms with van der Waals surface area (Å²) in [5.74, 6) is -0.229. The normalized spacial score (nSPS) is 11.3. The van der Waals surface area contributed by atoms with Crippen molar-refractivity contribution in [2.75, 3.05) is 20.3 Å². The highest BCUT2D eigenvalue weighted by molar-refractivity contribution is 6.04. The molecule has 2 aromatic carbocycles. The molecular weight excluding hydrogens is 344 g/mol. The zero-order chi connectivity index (χ0) is 19.5. The van der Waals surface area contributed by atoms with Crippen LogP contribution >= 0.6 is 0 Å². The van der Waals surface area contributed by atoms with E-state index in [9.17, 15) is 9.59 Å². The molecule has 140 valence electrons. The van der Waals surface area contributed by atoms with Gasteiger partial charge in [-0.25, -0.2) is 0 Å². The topological polar surface area (TPSA) is 87.7 Å². The Morgan fingerprint density at radius 1 is 1.04 bits per heavy atom. The third-order valence-electron chi connectivity index (χ3n) is 3.55. The molecule has 0 atom stereocenters. The van der Waals surface area contributed by atoms with Gasteiger partial charge in [0.05, 0.1) is 13.7 Å². The van der Waals surface area contributed by atoms with Gasteiger partial charge in [-0.15, -0.1) is 0 Å². The third-order valence-corrected chi connectivity index (χ3v) is 3.55. The molecule has 0 spiro atoms. The van der Waals surface area contributed by atoms with E-state index in [1.165, 1.54) is 6.08 Å². The van der Waals surface area contributed by atoms with Crippen LogP contribution in [-0.4, -0.2) is 37.2 Å². The van der Waals surface area contributed by atoms with Crippen LogP contribution in [0, 0.1) is 0 Å². The number of hydrogen-bond acceptors (Lipinski definition) is 4. The van der Waals surface area contributed by atoms with Crippen LogP contribution in [-0.2, 0) is 9.59 Å². The smallest absolute Gasteiger partial charge is 0.267 e. The molecule has 0 bridgehead atoms. The Kier molecular flexibility index (Phi) is 7.81. The molecular formula is C21H22N2O4. The number of carbonyl (C=O) groups excluding carboxylic acids is 2. The third kappa shape index (κ3) is 6.80. The van der Waals surface area contributed by atoms with Crippen molar-refractivity contribution in [2.24, 2.45) is 0 Å². The van der Waals surface area contributed by atoms with Crippen LogP contribution in [0.3, 0.4) is 0 Å². The number of ether oxygens (including phenoxy) is 1. The zero-order valence-electron chi connectivity index (χ0n) is 15.0. The number of aliphatic hydroxyl groups excluding tert-OH is 1. The number of benzene rings is 2. The lowest BCUT2D eigenvalue weighted by Gasteiger charge is -2.09. The zero-order valence-corrected chi connectivity index (χ0v) is 15.0. The van der Waals surface area contributed by atoms with E-state index in [4.69, 9.17) is 9.84 Å². The predicted octanol–water partition coefficient (Wildman–Crippen LogP) is 1.97. The van der Waals surface area contributed by atoms with E-state index in [0.717, 1.165) is 11.1 Å². The first-order chi connectivity index (χ1) is 13.1. The fourth-order valence-corrected chi connectivity index (χ4v) is 2.20. The second-order valence-electron chi connectivity index (χ2n) is 5.54. The van der Waals surface area contributed by atoms with E-state index in [1.807, 2.05) is 30.3 Å². The number of amides is 2. The van der Waals surface area contributed by atoms with Crippen molar-refractivity contribution in [1.82, 2.24) is 10.6 Å². The number of hydrogen-bond donors (Lipinski definition) is 3. The van der Waals surface area contributed by atoms with E-state index >= 15 is 0 Å². The van der Waals surface area contributed by atoms with E-state index < -0.39 is 11.8 Å². The summed E-state index contributed by atoms with van der Waals surface area (Å²) in [6.45, 7) is -0.0993. The van der Waals surface area contributed by atoms with Crippen LogP contribution in [0.4, 0.5) is 0 Å². The maximum absolute atomic E-state index is 12.3. The SMILES string of the molecule is COc1ccc(C=C(NC(=O)C=Cc2ccccc2)C(=O)NCCO)cc1. The number of rotatable bonds is 8. The van der Waals surface area contributed by atoms with Gasteiger partial charge in [-0.1, -0.05) is 42.5 Å². The average molecular weight is 366 g/mol. The molecule has 0 saturated carbocycles. The number of methoxy groups -OCH3 is 1. The van der Waals surface area contributed by atoms with Crippen molar-refractivity contribution >= 4 is 24.0 Å². The molecule has 0 unspecified atom stereocenters. The minimum Gasteiger partial charge on any atom is -0.497 e. The molecule has 2 rings (SSSR count). The van der Waals surface area contributed by atoms with Gasteiger partial charge in [-0.3, -0.25) is 9.59 Å². The van der Waals surface area contributed by atoms with Crippen molar-refractivity contribution in [2.45, 2.75) is 0 Å². The quantitative estimate of drug-likeness (QED) is 0.624. The first kappa shape index (κ1) is 19.9. The van der Waals surface area contributed by atoms with Crippen molar-refractivity contribution < 1.29 is 19.4 Å². The fourth-order valence-electron chi connectivity index (χ4n) is 2.20. The van der Waals surface area contributed by atoms with Gasteiger partial charge in [0.25, 0.3) is 5.91 Å². The van der Waals surface area contributed by atoms with Gasteiger partial charge < -0.3 is 20.5 Å². The van der Waals surface area contributed by atoms with Crippen LogP contribution in [0.5, 0.6) is 5.75 Å². The summed E-state index contributed by atoms with van der Waals surface area (Å²) in [4.78, 5) is 24.5. The van der Waals surface area contributed by atoms with Crippen molar-refractivity contribution in [3.05, 3.63) is 77.5 Å². The van der Waals surface area contributed by atoms with Gasteiger partial charge in [-0.05, 0) is 35.4 Å². The molecule has 0 saturated heterocycles. The summed E-state index contributed by atoms with van der Waals surface area (Å²) in [5, 5.41) is 14.0. The van der Waals surface area contributed by atoms with E-state index in [1.54, 1.807) is 43.5 Å². The molecule has 3 N–H and O–H groups in total. The summed E-state index contributed by atoms with van der Waals surface area (Å²) in [6.07, 6.45) is 4.57. The Balaban J connectivity index is 2.15. The van der Waals surface area contributed by atoms with Crippen LogP contribution in [0.2, 0.25) is 0 Å². The van der Waals surface area contributed by atoms with Crippen molar-refractivity contribution in [1.29, 1.82) is 0 Å². The highest BCUT2D eigenvalue weighted by Crippen LogP contribution is 2.13. The minimum absolute atomic E-state index is 0.0799. The molecule has 0 aromatic heterocycles. The lowest BCUT2D eigenvalue weighted by Crippen LogP contribution is -2.35. The Hall–Kier alpha value is -3.38. The van der Waals surface area contributed by atoms with Crippen LogP contribution in [0.25, 0.3) is 12.2 Å². The molecule has 0 heterocycles. The fraction of sp³-hybridized carbons (Fsp3) is 0.143. The minimum atomic E-state index is -0.485. The Labute approximate surface area is 158 Å². The van der Waals surface area contributed by atoms with Gasteiger partial charge in [-0.2, -0.15) is 0 Å². The van der Waals surface area contributed by atoms with Gasteiger partial charge in [0, 0.05) is 12.6 Å². The molecule has 0 aliphatic rings. The van der Waals surface area contributed by atoms with Crippen LogP contribution < -0.4 is 15.4 Å². The molecule has 0 aliphatic carbocycles. The number of nitrogens with one attached hydrogen (secondary N) is 2. The summed E-state index contributed by atoms with van der Waals surface area (Å²) >= 11 is 0. The van der Waals surface area contributed by atoms with Gasteiger partial charge in [0.1, 0.15) is 11.4 Å². The second kappa shape index (κ2) is 10.6. The average Bonchev–Trinajstić information content (AvgIpc) is 2.71. The Bertz CT molecular complexity index is 812. The summed E-state index contributed by atoms with van der Waals surface area (Å²) in [7, 11) is 1.57. The summed E-state index contributed by atoms with van der Waals surface area (Å²) in [5.41, 5.74) is 1.67. The number of aliphatic hydroxyl groups is 1. The lowest BCUT2D eigenvalue weighted by atomic mass is 10.1. The van der Waals surface area contributed by atoms with E-state index in [-0.39, 0.29) is 18.8 Å². The Morgan fingerprint density at radius 3 is 2.37 bits per heavy atom. The number of carbonyl (C=O) groups is 2. The highest BCUT2D eigenvalue weighted by Gasteiger charge is 2.11. The lowest BCUT2D eigenvalue weighted by molar-refractivity contribution is -0.121. The largest absolute Gasteiger partial charge is 0.497 e. The van der Waals surface area contributed by atoms with Gasteiger partial charge >= 0.3 is 0 Å². The van der Waals surface area contributed by atoms with Crippen molar-refractivity contribution in [3.63, 3.8) is 0 Å². The van der Waals surface area contributed by atoms with Crippen molar-refractivity contribution in [3.8, 4) is 5.75 Å². The summed E-state index contributed by atoms with van der Waals surface area (Å²) < 4.78 is 5.11. The first-order valence-corrected chi connectivity index (χ1v) is 8.41. The molecule has 2 aromatic rings. The molecule has 0 fully saturated rings. The molecule has 0 radical (unpaired) electrons. The maximum Gasteiger partial charge on any atom is 0.267 e. The Morgan fingerprint density at radius 2 is 1.74 bits per heavy atom. The monoisotopic (exact) mass is 366 g/mol. The predicted molar refractivity (Wildman–Crippen MR) is 105 cm³/mol. The molecule has 6 heteroatoms. The standard InChI is InChI=1S/C21H22N2O4/c1-27-18-10-7-17(8-11-18)15-19(21(26)22-13-14-24)23-20(25)12-9-16-5-3-2-4-6-16/h2-12,15,24H,13-14H2,1H3,(H,22,26)(H,23,25). The van der Waals surface area contributed by atoms with E-state index in [0.29, 0.717) is 5.75 Å². The van der Waals surface area contributed by atoms with E-state index in [2.05, 4.69) is 10.6 Å². The van der Waals surface area contributed by atoms with Crippen LogP contribution in [0.1, 0.15) is 11.1 Å². The molecule has 27 heavy (non-hydrogen) atoms. The molecule has 6 nitrogen and oxygen atoms in total. The van der Waals surface area contributed by atoms with Gasteiger partial charge in [0.15, 0.2) is 0 Å². The van der Waals surface area contributed by atoms with Crippen LogP contribution in [0.15, 0.2) is 66.4 Å². The van der Waals surface area contributed by atoms with Gasteiger partial charge in [0.2, 0.25) is 5.91 Å². The maximum atomic E-state index is 12.3. The molecule has 2 amide bonds.